The minimum Gasteiger partial charge on any atom is -0.293 e. The summed E-state index contributed by atoms with van der Waals surface area (Å²) in [6, 6.07) is 7.22. The van der Waals surface area contributed by atoms with Crippen LogP contribution in [0.15, 0.2) is 29.2 Å². The molecule has 86 valence electrons. The average Bonchev–Trinajstić information content (AvgIpc) is 2.25. The molecule has 1 aromatic carbocycles. The normalized spacial score (nSPS) is 26.2. The number of Topliss-reactive ketones (excluding diaryl/α,β-unsaturated/α-hetero) is 1. The summed E-state index contributed by atoms with van der Waals surface area (Å²) >= 11 is 0. The molecule has 1 aliphatic rings. The molecule has 2 nitrogen and oxygen atoms in total. The molecular weight excluding hydrogens is 220 g/mol. The van der Waals surface area contributed by atoms with E-state index in [4.69, 9.17) is 0 Å². The van der Waals surface area contributed by atoms with Gasteiger partial charge in [-0.3, -0.25) is 9.00 Å². The van der Waals surface area contributed by atoms with Crippen LogP contribution in [0, 0.1) is 5.41 Å². The third-order valence-electron chi connectivity index (χ3n) is 3.87. The van der Waals surface area contributed by atoms with Gasteiger partial charge in [-0.15, -0.1) is 0 Å². The standard InChI is InChI=1S/C13H16O2S/c1-12(2)11(14)9-7-5-6-8-10(9)16(15)13(12,3)4/h5-8H,1-4H3. The largest absolute Gasteiger partial charge is 0.293 e. The van der Waals surface area contributed by atoms with Gasteiger partial charge in [0.25, 0.3) is 0 Å². The van der Waals surface area contributed by atoms with Gasteiger partial charge in [0.1, 0.15) is 0 Å². The number of carbonyl (C=O) groups is 1. The predicted octanol–water partition coefficient (Wildman–Crippen LogP) is 2.80. The molecule has 3 heteroatoms. The molecule has 1 aliphatic heterocycles. The Hall–Kier alpha value is -0.960. The van der Waals surface area contributed by atoms with Crippen LogP contribution in [-0.4, -0.2) is 14.7 Å². The number of carbonyl (C=O) groups excluding carboxylic acids is 1. The van der Waals surface area contributed by atoms with Gasteiger partial charge in [0, 0.05) is 11.0 Å². The molecule has 0 saturated carbocycles. The Bertz CT molecular complexity index is 441. The van der Waals surface area contributed by atoms with Crippen molar-refractivity contribution in [2.45, 2.75) is 37.3 Å². The summed E-state index contributed by atoms with van der Waals surface area (Å²) in [7, 11) is -1.14. The molecule has 0 radical (unpaired) electrons. The fourth-order valence-electron chi connectivity index (χ4n) is 1.93. The lowest BCUT2D eigenvalue weighted by molar-refractivity contribution is 0.0782. The van der Waals surface area contributed by atoms with Crippen LogP contribution in [-0.2, 0) is 10.8 Å². The smallest absolute Gasteiger partial charge is 0.171 e. The van der Waals surface area contributed by atoms with Crippen LogP contribution in [0.4, 0.5) is 0 Å². The fraction of sp³-hybridized carbons (Fsp3) is 0.462. The molecule has 1 unspecified atom stereocenters. The molecule has 0 bridgehead atoms. The lowest BCUT2D eigenvalue weighted by Gasteiger charge is -2.43. The summed E-state index contributed by atoms with van der Waals surface area (Å²) in [5, 5.41) is 0. The van der Waals surface area contributed by atoms with E-state index in [0.717, 1.165) is 0 Å². The fourth-order valence-corrected chi connectivity index (χ4v) is 3.60. The zero-order valence-corrected chi connectivity index (χ0v) is 10.9. The lowest BCUT2D eigenvalue weighted by Crippen LogP contribution is -2.51. The quantitative estimate of drug-likeness (QED) is 0.694. The molecule has 1 aromatic rings. The minimum atomic E-state index is -1.14. The number of ketones is 1. The van der Waals surface area contributed by atoms with Crippen molar-refractivity contribution in [1.82, 2.24) is 0 Å². The molecule has 0 aliphatic carbocycles. The predicted molar refractivity (Wildman–Crippen MR) is 65.0 cm³/mol. The van der Waals surface area contributed by atoms with Crippen LogP contribution in [0.5, 0.6) is 0 Å². The van der Waals surface area contributed by atoms with Gasteiger partial charge in [-0.25, -0.2) is 0 Å². The van der Waals surface area contributed by atoms with E-state index >= 15 is 0 Å². The highest BCUT2D eigenvalue weighted by atomic mass is 32.2. The highest BCUT2D eigenvalue weighted by molar-refractivity contribution is 7.86. The van der Waals surface area contributed by atoms with E-state index in [2.05, 4.69) is 0 Å². The maximum atomic E-state index is 12.5. The molecule has 16 heavy (non-hydrogen) atoms. The van der Waals surface area contributed by atoms with Crippen molar-refractivity contribution in [1.29, 1.82) is 0 Å². The topological polar surface area (TPSA) is 34.1 Å². The summed E-state index contributed by atoms with van der Waals surface area (Å²) in [5.74, 6) is 0.0905. The van der Waals surface area contributed by atoms with Crippen LogP contribution in [0.2, 0.25) is 0 Å². The van der Waals surface area contributed by atoms with Gasteiger partial charge in [0.15, 0.2) is 5.78 Å². The maximum absolute atomic E-state index is 12.5. The van der Waals surface area contributed by atoms with Gasteiger partial charge >= 0.3 is 0 Å². The van der Waals surface area contributed by atoms with Crippen LogP contribution >= 0.6 is 0 Å². The first kappa shape index (κ1) is 11.5. The SMILES string of the molecule is CC1(C)C(=O)c2ccccc2S(=O)C1(C)C. The zero-order valence-electron chi connectivity index (χ0n) is 10.0. The lowest BCUT2D eigenvalue weighted by atomic mass is 9.74. The molecule has 0 aromatic heterocycles. The number of rotatable bonds is 0. The Morgan fingerprint density at radius 2 is 1.62 bits per heavy atom. The van der Waals surface area contributed by atoms with Gasteiger partial charge in [-0.2, -0.15) is 0 Å². The second-order valence-corrected chi connectivity index (χ2v) is 7.23. The van der Waals surface area contributed by atoms with Crippen molar-refractivity contribution in [3.63, 3.8) is 0 Å². The minimum absolute atomic E-state index is 0.0905. The van der Waals surface area contributed by atoms with Gasteiger partial charge in [0.2, 0.25) is 0 Å². The highest BCUT2D eigenvalue weighted by Gasteiger charge is 2.52. The molecule has 0 spiro atoms. The molecular formula is C13H16O2S. The average molecular weight is 236 g/mol. The monoisotopic (exact) mass is 236 g/mol. The Morgan fingerprint density at radius 3 is 2.25 bits per heavy atom. The molecule has 0 saturated heterocycles. The second kappa shape index (κ2) is 3.27. The highest BCUT2D eigenvalue weighted by Crippen LogP contribution is 2.45. The molecule has 1 atom stereocenters. The number of hydrogen-bond acceptors (Lipinski definition) is 2. The Kier molecular flexibility index (Phi) is 2.35. The van der Waals surface area contributed by atoms with Crippen molar-refractivity contribution in [2.24, 2.45) is 5.41 Å². The van der Waals surface area contributed by atoms with Crippen molar-refractivity contribution in [3.05, 3.63) is 29.8 Å². The Balaban J connectivity index is 2.76. The van der Waals surface area contributed by atoms with E-state index in [9.17, 15) is 9.00 Å². The van der Waals surface area contributed by atoms with Crippen molar-refractivity contribution < 1.29 is 9.00 Å². The molecule has 0 fully saturated rings. The second-order valence-electron chi connectivity index (χ2n) is 5.23. The van der Waals surface area contributed by atoms with Crippen LogP contribution in [0.1, 0.15) is 38.1 Å². The van der Waals surface area contributed by atoms with Crippen molar-refractivity contribution in [3.8, 4) is 0 Å². The number of benzene rings is 1. The maximum Gasteiger partial charge on any atom is 0.171 e. The van der Waals surface area contributed by atoms with E-state index in [1.165, 1.54) is 0 Å². The van der Waals surface area contributed by atoms with E-state index < -0.39 is 21.0 Å². The van der Waals surface area contributed by atoms with Gasteiger partial charge < -0.3 is 0 Å². The van der Waals surface area contributed by atoms with Crippen LogP contribution in [0.25, 0.3) is 0 Å². The van der Waals surface area contributed by atoms with Gasteiger partial charge in [-0.1, -0.05) is 32.0 Å². The zero-order chi connectivity index (χ0) is 12.1. The number of hydrogen-bond donors (Lipinski definition) is 0. The third-order valence-corrected chi connectivity index (χ3v) is 6.06. The Morgan fingerprint density at radius 1 is 1.06 bits per heavy atom. The Labute approximate surface area is 98.5 Å². The van der Waals surface area contributed by atoms with Gasteiger partial charge in [0.05, 0.1) is 20.4 Å². The van der Waals surface area contributed by atoms with Crippen LogP contribution in [0.3, 0.4) is 0 Å². The number of fused-ring (bicyclic) bond motifs is 1. The summed E-state index contributed by atoms with van der Waals surface area (Å²) in [5.41, 5.74) is 0.0248. The van der Waals surface area contributed by atoms with Crippen LogP contribution < -0.4 is 0 Å². The van der Waals surface area contributed by atoms with Gasteiger partial charge in [-0.05, 0) is 19.9 Å². The first-order valence-electron chi connectivity index (χ1n) is 5.36. The summed E-state index contributed by atoms with van der Waals surface area (Å²) in [6.45, 7) is 7.56. The molecule has 0 N–H and O–H groups in total. The van der Waals surface area contributed by atoms with E-state index in [0.29, 0.717) is 10.5 Å². The van der Waals surface area contributed by atoms with Crippen molar-refractivity contribution >= 4 is 16.6 Å². The summed E-state index contributed by atoms with van der Waals surface area (Å²) < 4.78 is 11.9. The molecule has 0 amide bonds. The summed E-state index contributed by atoms with van der Waals surface area (Å²) in [4.78, 5) is 13.0. The molecule has 2 rings (SSSR count). The van der Waals surface area contributed by atoms with Crippen molar-refractivity contribution in [2.75, 3.05) is 0 Å². The van der Waals surface area contributed by atoms with E-state index in [1.807, 2.05) is 39.8 Å². The van der Waals surface area contributed by atoms with E-state index in [1.54, 1.807) is 12.1 Å². The first-order valence-corrected chi connectivity index (χ1v) is 6.51. The summed E-state index contributed by atoms with van der Waals surface area (Å²) in [6.07, 6.45) is 0. The van der Waals surface area contributed by atoms with E-state index in [-0.39, 0.29) is 5.78 Å². The molecule has 1 heterocycles. The third kappa shape index (κ3) is 1.24. The first-order chi connectivity index (χ1) is 7.30.